The molecule has 1 heterocycles. The highest BCUT2D eigenvalue weighted by molar-refractivity contribution is 6.24. The van der Waals surface area contributed by atoms with Crippen LogP contribution in [0.15, 0.2) is 12.1 Å². The Morgan fingerprint density at radius 1 is 1.44 bits per heavy atom. The first kappa shape index (κ1) is 12.9. The number of carbonyl (C=O) groups excluding carboxylic acids is 1. The van der Waals surface area contributed by atoms with E-state index in [1.54, 1.807) is 6.07 Å². The fourth-order valence-corrected chi connectivity index (χ4v) is 2.47. The van der Waals surface area contributed by atoms with Crippen molar-refractivity contribution in [3.05, 3.63) is 28.8 Å². The number of aryl methyl sites for hydroxylation is 1. The van der Waals surface area contributed by atoms with Gasteiger partial charge < -0.3 is 10.0 Å². The van der Waals surface area contributed by atoms with E-state index in [1.165, 1.54) is 11.0 Å². The van der Waals surface area contributed by atoms with Crippen molar-refractivity contribution < 1.29 is 14.7 Å². The third-order valence-electron chi connectivity index (χ3n) is 3.28. The predicted molar refractivity (Wildman–Crippen MR) is 69.5 cm³/mol. The van der Waals surface area contributed by atoms with Crippen molar-refractivity contribution in [3.8, 4) is 0 Å². The molecule has 1 aromatic rings. The maximum Gasteiger partial charge on any atom is 0.337 e. The maximum atomic E-state index is 11.9. The van der Waals surface area contributed by atoms with Crippen LogP contribution in [0.5, 0.6) is 0 Å². The van der Waals surface area contributed by atoms with Crippen LogP contribution in [0.2, 0.25) is 0 Å². The van der Waals surface area contributed by atoms with Crippen LogP contribution in [0.25, 0.3) is 0 Å². The number of rotatable bonds is 2. The summed E-state index contributed by atoms with van der Waals surface area (Å²) >= 11 is 5.97. The number of benzene rings is 1. The highest BCUT2D eigenvalue weighted by Gasteiger charge is 2.32. The van der Waals surface area contributed by atoms with Gasteiger partial charge in [0.05, 0.1) is 16.6 Å². The summed E-state index contributed by atoms with van der Waals surface area (Å²) in [6.07, 6.45) is 0.258. The lowest BCUT2D eigenvalue weighted by molar-refractivity contribution is -0.117. The molecule has 0 spiro atoms. The van der Waals surface area contributed by atoms with Crippen LogP contribution in [-0.2, 0) is 4.79 Å². The minimum absolute atomic E-state index is 0.119. The second-order valence-electron chi connectivity index (χ2n) is 4.51. The van der Waals surface area contributed by atoms with Crippen LogP contribution in [0.4, 0.5) is 5.69 Å². The Morgan fingerprint density at radius 3 is 2.61 bits per heavy atom. The van der Waals surface area contributed by atoms with E-state index in [0.717, 1.165) is 11.1 Å². The summed E-state index contributed by atoms with van der Waals surface area (Å²) in [6.45, 7) is 4.08. The van der Waals surface area contributed by atoms with Gasteiger partial charge in [-0.2, -0.15) is 0 Å². The maximum absolute atomic E-state index is 11.9. The summed E-state index contributed by atoms with van der Waals surface area (Å²) in [6, 6.07) is 3.29. The summed E-state index contributed by atoms with van der Waals surface area (Å²) in [5, 5.41) is 8.97. The number of anilines is 1. The lowest BCUT2D eigenvalue weighted by Gasteiger charge is -2.22. The van der Waals surface area contributed by atoms with Crippen LogP contribution >= 0.6 is 11.6 Å². The molecule has 1 atom stereocenters. The largest absolute Gasteiger partial charge is 0.478 e. The molecular formula is C13H14ClNO3. The molecule has 1 aliphatic rings. The van der Waals surface area contributed by atoms with Gasteiger partial charge in [-0.15, -0.1) is 11.6 Å². The Hall–Kier alpha value is -1.55. The van der Waals surface area contributed by atoms with Gasteiger partial charge in [0.25, 0.3) is 0 Å². The number of carbonyl (C=O) groups is 2. The number of amides is 1. The average molecular weight is 268 g/mol. The van der Waals surface area contributed by atoms with Crippen molar-refractivity contribution in [1.82, 2.24) is 0 Å². The molecule has 2 rings (SSSR count). The van der Waals surface area contributed by atoms with Crippen molar-refractivity contribution in [2.45, 2.75) is 25.6 Å². The van der Waals surface area contributed by atoms with Gasteiger partial charge in [-0.25, -0.2) is 4.79 Å². The van der Waals surface area contributed by atoms with Crippen LogP contribution in [0.1, 0.15) is 27.9 Å². The van der Waals surface area contributed by atoms with E-state index in [4.69, 9.17) is 11.6 Å². The lowest BCUT2D eigenvalue weighted by Crippen LogP contribution is -2.27. The second kappa shape index (κ2) is 4.61. The minimum atomic E-state index is -1.03. The quantitative estimate of drug-likeness (QED) is 0.837. The lowest BCUT2D eigenvalue weighted by atomic mass is 10.0. The third-order valence-corrected chi connectivity index (χ3v) is 3.57. The molecular weight excluding hydrogens is 254 g/mol. The van der Waals surface area contributed by atoms with Gasteiger partial charge in [0.1, 0.15) is 0 Å². The van der Waals surface area contributed by atoms with Gasteiger partial charge in [0.15, 0.2) is 0 Å². The first-order valence-electron chi connectivity index (χ1n) is 5.69. The van der Waals surface area contributed by atoms with E-state index < -0.39 is 5.97 Å². The Bertz CT molecular complexity index is 527. The van der Waals surface area contributed by atoms with Crippen molar-refractivity contribution in [3.63, 3.8) is 0 Å². The molecule has 1 N–H and O–H groups in total. The molecule has 5 heteroatoms. The van der Waals surface area contributed by atoms with Crippen LogP contribution in [0.3, 0.4) is 0 Å². The standard InChI is InChI=1S/C13H14ClNO3/c1-7-3-4-10(13(17)18)12(8(7)2)15-6-9(14)5-11(15)16/h3-4,9H,5-6H2,1-2H3,(H,17,18). The number of nitrogens with zero attached hydrogens (tertiary/aromatic N) is 1. The molecule has 0 aliphatic carbocycles. The van der Waals surface area contributed by atoms with Gasteiger partial charge >= 0.3 is 5.97 Å². The molecule has 0 bridgehead atoms. The van der Waals surface area contributed by atoms with E-state index in [-0.39, 0.29) is 23.3 Å². The van der Waals surface area contributed by atoms with Crippen molar-refractivity contribution >= 4 is 29.2 Å². The summed E-state index contributed by atoms with van der Waals surface area (Å²) in [4.78, 5) is 24.6. The Kier molecular flexibility index (Phi) is 3.30. The number of alkyl halides is 1. The molecule has 1 saturated heterocycles. The zero-order valence-electron chi connectivity index (χ0n) is 10.2. The highest BCUT2D eigenvalue weighted by atomic mass is 35.5. The number of halogens is 1. The fourth-order valence-electron chi connectivity index (χ4n) is 2.20. The average Bonchev–Trinajstić information content (AvgIpc) is 2.61. The number of aromatic carboxylic acids is 1. The number of hydrogen-bond donors (Lipinski definition) is 1. The highest BCUT2D eigenvalue weighted by Crippen LogP contribution is 2.32. The molecule has 0 aromatic heterocycles. The molecule has 1 amide bonds. The van der Waals surface area contributed by atoms with Crippen molar-refractivity contribution in [2.75, 3.05) is 11.4 Å². The monoisotopic (exact) mass is 267 g/mol. The molecule has 1 unspecified atom stereocenters. The molecule has 1 aliphatic heterocycles. The van der Waals surface area contributed by atoms with Gasteiger partial charge in [-0.05, 0) is 31.0 Å². The van der Waals surface area contributed by atoms with E-state index in [2.05, 4.69) is 0 Å². The smallest absolute Gasteiger partial charge is 0.337 e. The van der Waals surface area contributed by atoms with Crippen LogP contribution in [-0.4, -0.2) is 28.9 Å². The van der Waals surface area contributed by atoms with Gasteiger partial charge in [0.2, 0.25) is 5.91 Å². The van der Waals surface area contributed by atoms with Gasteiger partial charge in [-0.3, -0.25) is 4.79 Å². The van der Waals surface area contributed by atoms with E-state index >= 15 is 0 Å². The Labute approximate surface area is 110 Å². The van der Waals surface area contributed by atoms with E-state index in [9.17, 15) is 14.7 Å². The number of carboxylic acids is 1. The summed E-state index contributed by atoms with van der Waals surface area (Å²) in [7, 11) is 0. The third kappa shape index (κ3) is 2.08. The zero-order chi connectivity index (χ0) is 13.4. The first-order chi connectivity index (χ1) is 8.41. The predicted octanol–water partition coefficient (Wildman–Crippen LogP) is 2.35. The fraction of sp³-hybridized carbons (Fsp3) is 0.385. The Morgan fingerprint density at radius 2 is 2.11 bits per heavy atom. The number of hydrogen-bond acceptors (Lipinski definition) is 2. The normalized spacial score (nSPS) is 19.4. The molecule has 96 valence electrons. The first-order valence-corrected chi connectivity index (χ1v) is 6.13. The van der Waals surface area contributed by atoms with Crippen LogP contribution in [0, 0.1) is 13.8 Å². The van der Waals surface area contributed by atoms with E-state index in [1.807, 2.05) is 13.8 Å². The summed E-state index contributed by atoms with van der Waals surface area (Å²) in [5.41, 5.74) is 2.41. The van der Waals surface area contributed by atoms with Crippen molar-refractivity contribution in [2.24, 2.45) is 0 Å². The minimum Gasteiger partial charge on any atom is -0.478 e. The molecule has 0 radical (unpaired) electrons. The van der Waals surface area contributed by atoms with Gasteiger partial charge in [0, 0.05) is 13.0 Å². The zero-order valence-corrected chi connectivity index (χ0v) is 11.0. The van der Waals surface area contributed by atoms with Crippen molar-refractivity contribution in [1.29, 1.82) is 0 Å². The number of carboxylic acid groups (broad SMARTS) is 1. The van der Waals surface area contributed by atoms with Gasteiger partial charge in [-0.1, -0.05) is 6.07 Å². The van der Waals surface area contributed by atoms with E-state index in [0.29, 0.717) is 12.2 Å². The second-order valence-corrected chi connectivity index (χ2v) is 5.13. The molecule has 1 aromatic carbocycles. The molecule has 18 heavy (non-hydrogen) atoms. The molecule has 1 fully saturated rings. The summed E-state index contributed by atoms with van der Waals surface area (Å²) in [5.74, 6) is -1.15. The SMILES string of the molecule is Cc1ccc(C(=O)O)c(N2CC(Cl)CC2=O)c1C. The Balaban J connectivity index is 2.58. The van der Waals surface area contributed by atoms with Crippen LogP contribution < -0.4 is 4.90 Å². The molecule has 0 saturated carbocycles. The topological polar surface area (TPSA) is 57.6 Å². The molecule has 4 nitrogen and oxygen atoms in total. The summed E-state index contributed by atoms with van der Waals surface area (Å²) < 4.78 is 0.